The van der Waals surface area contributed by atoms with E-state index in [0.717, 1.165) is 25.9 Å². The number of carbonyl (C=O) groups excluding carboxylic acids is 2. The third kappa shape index (κ3) is 4.52. The van der Waals surface area contributed by atoms with Gasteiger partial charge in [0, 0.05) is 13.1 Å². The van der Waals surface area contributed by atoms with Crippen molar-refractivity contribution in [3.05, 3.63) is 0 Å². The van der Waals surface area contributed by atoms with E-state index in [9.17, 15) is 9.59 Å². The van der Waals surface area contributed by atoms with Crippen molar-refractivity contribution in [3.8, 4) is 0 Å². The molecule has 1 saturated heterocycles. The summed E-state index contributed by atoms with van der Waals surface area (Å²) in [6, 6.07) is 0.0426. The Hall–Kier alpha value is -1.30. The summed E-state index contributed by atoms with van der Waals surface area (Å²) in [5.41, 5.74) is 0. The second-order valence-electron chi connectivity index (χ2n) is 4.61. The van der Waals surface area contributed by atoms with E-state index in [1.807, 2.05) is 0 Å². The Balaban J connectivity index is 2.30. The summed E-state index contributed by atoms with van der Waals surface area (Å²) in [4.78, 5) is 26.9. The molecule has 0 radical (unpaired) electrons. The van der Waals surface area contributed by atoms with E-state index in [1.54, 1.807) is 18.9 Å². The van der Waals surface area contributed by atoms with Gasteiger partial charge in [-0.3, -0.25) is 4.79 Å². The van der Waals surface area contributed by atoms with E-state index in [2.05, 4.69) is 17.3 Å². The lowest BCUT2D eigenvalue weighted by Crippen LogP contribution is -2.49. The first-order valence-electron chi connectivity index (χ1n) is 6.39. The van der Waals surface area contributed by atoms with Crippen LogP contribution < -0.4 is 5.32 Å². The SMILES string of the molecule is CCOC(=O)CNC(=O)N(C)C1CCN(C)CC1. The van der Waals surface area contributed by atoms with E-state index in [4.69, 9.17) is 4.74 Å². The quantitative estimate of drug-likeness (QED) is 0.735. The fourth-order valence-corrected chi connectivity index (χ4v) is 2.03. The molecule has 0 atom stereocenters. The van der Waals surface area contributed by atoms with Crippen molar-refractivity contribution in [1.82, 2.24) is 15.1 Å². The minimum Gasteiger partial charge on any atom is -0.465 e. The lowest BCUT2D eigenvalue weighted by molar-refractivity contribution is -0.141. The van der Waals surface area contributed by atoms with Gasteiger partial charge in [-0.05, 0) is 39.9 Å². The molecule has 0 bridgehead atoms. The number of hydrogen-bond acceptors (Lipinski definition) is 4. The lowest BCUT2D eigenvalue weighted by Gasteiger charge is -2.34. The molecule has 6 heteroatoms. The first kappa shape index (κ1) is 14.8. The van der Waals surface area contributed by atoms with Crippen LogP contribution in [0.15, 0.2) is 0 Å². The third-order valence-electron chi connectivity index (χ3n) is 3.25. The molecule has 2 amide bonds. The zero-order valence-electron chi connectivity index (χ0n) is 11.4. The van der Waals surface area contributed by atoms with Crippen molar-refractivity contribution >= 4 is 12.0 Å². The number of carbonyl (C=O) groups is 2. The first-order valence-corrected chi connectivity index (χ1v) is 6.39. The Morgan fingerprint density at radius 1 is 1.39 bits per heavy atom. The van der Waals surface area contributed by atoms with Crippen molar-refractivity contribution in [1.29, 1.82) is 0 Å². The van der Waals surface area contributed by atoms with E-state index in [0.29, 0.717) is 6.61 Å². The minimum absolute atomic E-state index is 0.0658. The van der Waals surface area contributed by atoms with Gasteiger partial charge in [-0.2, -0.15) is 0 Å². The topological polar surface area (TPSA) is 61.9 Å². The summed E-state index contributed by atoms with van der Waals surface area (Å²) in [5.74, 6) is -0.400. The summed E-state index contributed by atoms with van der Waals surface area (Å²) in [6.07, 6.45) is 1.94. The van der Waals surface area contributed by atoms with Gasteiger partial charge < -0.3 is 19.9 Å². The molecule has 6 nitrogen and oxygen atoms in total. The molecular weight excluding hydrogens is 234 g/mol. The smallest absolute Gasteiger partial charge is 0.325 e. The molecule has 104 valence electrons. The molecule has 0 saturated carbocycles. The highest BCUT2D eigenvalue weighted by molar-refractivity contribution is 5.80. The molecule has 0 aromatic rings. The zero-order valence-corrected chi connectivity index (χ0v) is 11.4. The molecule has 1 N–H and O–H groups in total. The molecule has 1 rings (SSSR count). The van der Waals surface area contributed by atoms with E-state index < -0.39 is 5.97 Å². The summed E-state index contributed by atoms with van der Waals surface area (Å²) in [5, 5.41) is 2.57. The number of esters is 1. The van der Waals surface area contributed by atoms with Crippen molar-refractivity contribution in [2.45, 2.75) is 25.8 Å². The van der Waals surface area contributed by atoms with Gasteiger partial charge >= 0.3 is 12.0 Å². The number of rotatable bonds is 4. The minimum atomic E-state index is -0.400. The van der Waals surface area contributed by atoms with Crippen molar-refractivity contribution in [2.75, 3.05) is 40.3 Å². The number of nitrogens with one attached hydrogen (secondary N) is 1. The summed E-state index contributed by atoms with van der Waals surface area (Å²) < 4.78 is 4.75. The van der Waals surface area contributed by atoms with Gasteiger partial charge in [-0.15, -0.1) is 0 Å². The molecule has 0 aromatic heterocycles. The van der Waals surface area contributed by atoms with Crippen LogP contribution in [0.25, 0.3) is 0 Å². The number of piperidine rings is 1. The molecule has 1 fully saturated rings. The average Bonchev–Trinajstić information content (AvgIpc) is 2.36. The number of ether oxygens (including phenoxy) is 1. The molecule has 1 aliphatic heterocycles. The third-order valence-corrected chi connectivity index (χ3v) is 3.25. The van der Waals surface area contributed by atoms with E-state index in [-0.39, 0.29) is 18.6 Å². The van der Waals surface area contributed by atoms with Crippen molar-refractivity contribution < 1.29 is 14.3 Å². The van der Waals surface area contributed by atoms with E-state index in [1.165, 1.54) is 0 Å². The van der Waals surface area contributed by atoms with Crippen LogP contribution in [-0.4, -0.2) is 68.2 Å². The van der Waals surface area contributed by atoms with Crippen LogP contribution in [0.5, 0.6) is 0 Å². The van der Waals surface area contributed by atoms with Crippen LogP contribution in [0.1, 0.15) is 19.8 Å². The summed E-state index contributed by atoms with van der Waals surface area (Å²) in [7, 11) is 3.85. The van der Waals surface area contributed by atoms with Crippen LogP contribution in [-0.2, 0) is 9.53 Å². The van der Waals surface area contributed by atoms with Crippen molar-refractivity contribution in [2.24, 2.45) is 0 Å². The lowest BCUT2D eigenvalue weighted by atomic mass is 10.0. The van der Waals surface area contributed by atoms with Gasteiger partial charge in [0.2, 0.25) is 0 Å². The van der Waals surface area contributed by atoms with E-state index >= 15 is 0 Å². The molecule has 0 aliphatic carbocycles. The molecule has 0 unspecified atom stereocenters. The Labute approximate surface area is 108 Å². The second-order valence-corrected chi connectivity index (χ2v) is 4.61. The molecule has 0 spiro atoms. The molecule has 0 aromatic carbocycles. The Bertz CT molecular complexity index is 288. The van der Waals surface area contributed by atoms with Gasteiger partial charge in [-0.25, -0.2) is 4.79 Å². The molecule has 1 aliphatic rings. The van der Waals surface area contributed by atoms with Crippen LogP contribution in [0.2, 0.25) is 0 Å². The summed E-state index contributed by atoms with van der Waals surface area (Å²) in [6.45, 7) is 4.01. The first-order chi connectivity index (χ1) is 8.54. The molecule has 1 heterocycles. The van der Waals surface area contributed by atoms with Crippen LogP contribution in [0, 0.1) is 0 Å². The Morgan fingerprint density at radius 3 is 2.56 bits per heavy atom. The number of likely N-dealkylation sites (tertiary alicyclic amines) is 1. The fraction of sp³-hybridized carbons (Fsp3) is 0.833. The molecule has 18 heavy (non-hydrogen) atoms. The highest BCUT2D eigenvalue weighted by atomic mass is 16.5. The van der Waals surface area contributed by atoms with Crippen molar-refractivity contribution in [3.63, 3.8) is 0 Å². The number of hydrogen-bond donors (Lipinski definition) is 1. The normalized spacial score (nSPS) is 17.3. The zero-order chi connectivity index (χ0) is 13.5. The van der Waals surface area contributed by atoms with Gasteiger partial charge in [0.25, 0.3) is 0 Å². The van der Waals surface area contributed by atoms with Gasteiger partial charge in [0.05, 0.1) is 6.61 Å². The number of nitrogens with zero attached hydrogens (tertiary/aromatic N) is 2. The average molecular weight is 257 g/mol. The maximum atomic E-state index is 11.8. The Morgan fingerprint density at radius 2 is 2.00 bits per heavy atom. The maximum absolute atomic E-state index is 11.8. The van der Waals surface area contributed by atoms with Gasteiger partial charge in [-0.1, -0.05) is 0 Å². The van der Waals surface area contributed by atoms with Crippen LogP contribution in [0.3, 0.4) is 0 Å². The monoisotopic (exact) mass is 257 g/mol. The highest BCUT2D eigenvalue weighted by Crippen LogP contribution is 2.13. The standard InChI is InChI=1S/C12H23N3O3/c1-4-18-11(16)9-13-12(17)15(3)10-5-7-14(2)8-6-10/h10H,4-9H2,1-3H3,(H,13,17). The molecular formula is C12H23N3O3. The maximum Gasteiger partial charge on any atom is 0.325 e. The predicted molar refractivity (Wildman–Crippen MR) is 68.3 cm³/mol. The second kappa shape index (κ2) is 7.20. The van der Waals surface area contributed by atoms with Gasteiger partial charge in [0.15, 0.2) is 0 Å². The number of amides is 2. The fourth-order valence-electron chi connectivity index (χ4n) is 2.03. The largest absolute Gasteiger partial charge is 0.465 e. The highest BCUT2D eigenvalue weighted by Gasteiger charge is 2.24. The van der Waals surface area contributed by atoms with Crippen LogP contribution >= 0.6 is 0 Å². The number of urea groups is 1. The predicted octanol–water partition coefficient (Wildman–Crippen LogP) is 0.285. The van der Waals surface area contributed by atoms with Gasteiger partial charge in [0.1, 0.15) is 6.54 Å². The van der Waals surface area contributed by atoms with Crippen LogP contribution in [0.4, 0.5) is 4.79 Å². The summed E-state index contributed by atoms with van der Waals surface area (Å²) >= 11 is 0. The Kier molecular flexibility index (Phi) is 5.91.